The topological polar surface area (TPSA) is 43.1 Å². The average Bonchev–Trinajstić information content (AvgIpc) is 2.03. The van der Waals surface area contributed by atoms with E-state index in [9.17, 15) is 4.21 Å². The summed E-state index contributed by atoms with van der Waals surface area (Å²) in [6.45, 7) is 4.84. The Morgan fingerprint density at radius 1 is 1.36 bits per heavy atom. The number of rotatable bonds is 6. The molecule has 2 N–H and O–H groups in total. The number of hydrogen-bond donors (Lipinski definition) is 1. The predicted molar refractivity (Wildman–Crippen MR) is 51.1 cm³/mol. The zero-order valence-electron chi connectivity index (χ0n) is 7.51. The molecule has 0 heterocycles. The van der Waals surface area contributed by atoms with Gasteiger partial charge < -0.3 is 5.73 Å². The Morgan fingerprint density at radius 3 is 2.27 bits per heavy atom. The summed E-state index contributed by atoms with van der Waals surface area (Å²) in [5.41, 5.74) is 5.33. The van der Waals surface area contributed by atoms with Gasteiger partial charge in [0.15, 0.2) is 0 Å². The maximum absolute atomic E-state index is 11.4. The van der Waals surface area contributed by atoms with Gasteiger partial charge in [-0.25, -0.2) is 0 Å². The quantitative estimate of drug-likeness (QED) is 0.664. The molecule has 3 heteroatoms. The van der Waals surface area contributed by atoms with Crippen LogP contribution < -0.4 is 5.73 Å². The van der Waals surface area contributed by atoms with Crippen molar-refractivity contribution in [2.75, 3.05) is 12.3 Å². The monoisotopic (exact) mass is 177 g/mol. The molecule has 0 rings (SSSR count). The van der Waals surface area contributed by atoms with E-state index in [1.165, 1.54) is 0 Å². The van der Waals surface area contributed by atoms with Crippen molar-refractivity contribution in [3.8, 4) is 0 Å². The fourth-order valence-corrected chi connectivity index (χ4v) is 2.58. The molecule has 0 bridgehead atoms. The van der Waals surface area contributed by atoms with E-state index in [4.69, 9.17) is 5.73 Å². The van der Waals surface area contributed by atoms with Crippen molar-refractivity contribution < 1.29 is 4.21 Å². The highest BCUT2D eigenvalue weighted by Gasteiger charge is 2.10. The summed E-state index contributed by atoms with van der Waals surface area (Å²) in [4.78, 5) is 0. The molecule has 0 saturated carbocycles. The van der Waals surface area contributed by atoms with E-state index in [0.29, 0.717) is 11.8 Å². The summed E-state index contributed by atoms with van der Waals surface area (Å²) >= 11 is 0. The Hall–Kier alpha value is 0.110. The number of nitrogens with two attached hydrogens (primary N) is 1. The van der Waals surface area contributed by atoms with Crippen molar-refractivity contribution in [1.82, 2.24) is 0 Å². The van der Waals surface area contributed by atoms with Crippen LogP contribution in [0.3, 0.4) is 0 Å². The van der Waals surface area contributed by atoms with Crippen LogP contribution in [0.1, 0.15) is 33.1 Å². The van der Waals surface area contributed by atoms with Gasteiger partial charge in [-0.15, -0.1) is 0 Å². The fourth-order valence-electron chi connectivity index (χ4n) is 1.05. The van der Waals surface area contributed by atoms with Gasteiger partial charge in [-0.2, -0.15) is 0 Å². The largest absolute Gasteiger partial charge is 0.330 e. The van der Waals surface area contributed by atoms with Gasteiger partial charge >= 0.3 is 0 Å². The molecule has 0 aromatic heterocycles. The minimum Gasteiger partial charge on any atom is -0.330 e. The van der Waals surface area contributed by atoms with Gasteiger partial charge in [0.2, 0.25) is 0 Å². The fraction of sp³-hybridized carbons (Fsp3) is 1.00. The summed E-state index contributed by atoms with van der Waals surface area (Å²) in [6, 6.07) is 0. The van der Waals surface area contributed by atoms with Crippen LogP contribution in [-0.4, -0.2) is 21.8 Å². The predicted octanol–water partition coefficient (Wildman–Crippen LogP) is 1.27. The van der Waals surface area contributed by atoms with Crippen LogP contribution in [0, 0.1) is 0 Å². The van der Waals surface area contributed by atoms with Gasteiger partial charge in [0, 0.05) is 21.8 Å². The van der Waals surface area contributed by atoms with Gasteiger partial charge in [-0.05, 0) is 25.8 Å². The molecule has 0 saturated heterocycles. The van der Waals surface area contributed by atoms with E-state index < -0.39 is 10.8 Å². The zero-order chi connectivity index (χ0) is 8.69. The molecule has 68 valence electrons. The van der Waals surface area contributed by atoms with Crippen molar-refractivity contribution in [3.63, 3.8) is 0 Å². The molecule has 0 aliphatic carbocycles. The van der Waals surface area contributed by atoms with E-state index in [2.05, 4.69) is 13.8 Å². The Balaban J connectivity index is 3.61. The Bertz CT molecular complexity index is 113. The molecule has 0 spiro atoms. The summed E-state index contributed by atoms with van der Waals surface area (Å²) < 4.78 is 11.4. The highest BCUT2D eigenvalue weighted by atomic mass is 32.2. The van der Waals surface area contributed by atoms with E-state index in [0.717, 1.165) is 25.0 Å². The summed E-state index contributed by atoms with van der Waals surface area (Å²) in [5, 5.41) is 0.390. The molecular formula is C8H19NOS. The zero-order valence-corrected chi connectivity index (χ0v) is 8.32. The molecule has 2 nitrogen and oxygen atoms in total. The molecule has 1 unspecified atom stereocenters. The smallest absolute Gasteiger partial charge is 0.0342 e. The summed E-state index contributed by atoms with van der Waals surface area (Å²) in [7, 11) is -0.638. The maximum Gasteiger partial charge on any atom is 0.0342 e. The van der Waals surface area contributed by atoms with Gasteiger partial charge in [-0.1, -0.05) is 13.8 Å². The second-order valence-corrected chi connectivity index (χ2v) is 4.50. The molecule has 0 aliphatic heterocycles. The van der Waals surface area contributed by atoms with Crippen LogP contribution in [0.4, 0.5) is 0 Å². The highest BCUT2D eigenvalue weighted by molar-refractivity contribution is 7.85. The van der Waals surface area contributed by atoms with Gasteiger partial charge in [0.1, 0.15) is 0 Å². The molecule has 0 aliphatic rings. The van der Waals surface area contributed by atoms with E-state index >= 15 is 0 Å². The molecule has 0 amide bonds. The van der Waals surface area contributed by atoms with Crippen LogP contribution >= 0.6 is 0 Å². The van der Waals surface area contributed by atoms with Gasteiger partial charge in [0.25, 0.3) is 0 Å². The lowest BCUT2D eigenvalue weighted by Crippen LogP contribution is -2.17. The van der Waals surface area contributed by atoms with Crippen LogP contribution in [0.15, 0.2) is 0 Å². The van der Waals surface area contributed by atoms with Gasteiger partial charge in [0.05, 0.1) is 0 Å². The van der Waals surface area contributed by atoms with E-state index in [1.807, 2.05) is 0 Å². The van der Waals surface area contributed by atoms with E-state index in [1.54, 1.807) is 0 Å². The van der Waals surface area contributed by atoms with Crippen molar-refractivity contribution in [3.05, 3.63) is 0 Å². The van der Waals surface area contributed by atoms with Crippen LogP contribution in [0.2, 0.25) is 0 Å². The van der Waals surface area contributed by atoms with Crippen LogP contribution in [0.5, 0.6) is 0 Å². The Morgan fingerprint density at radius 2 is 1.91 bits per heavy atom. The van der Waals surface area contributed by atoms with Crippen molar-refractivity contribution in [2.45, 2.75) is 38.4 Å². The first-order chi connectivity index (χ1) is 5.26. The van der Waals surface area contributed by atoms with Crippen LogP contribution in [-0.2, 0) is 10.8 Å². The third-order valence-corrected chi connectivity index (χ3v) is 3.93. The maximum atomic E-state index is 11.4. The lowest BCUT2D eigenvalue weighted by atomic mass is 10.3. The number of hydrogen-bond acceptors (Lipinski definition) is 2. The second-order valence-electron chi connectivity index (χ2n) is 2.67. The molecule has 1 atom stereocenters. The highest BCUT2D eigenvalue weighted by Crippen LogP contribution is 2.06. The first kappa shape index (κ1) is 11.1. The lowest BCUT2D eigenvalue weighted by Gasteiger charge is -2.10. The SMILES string of the molecule is CCC(CC)S(=O)CCCN. The molecule has 0 aromatic rings. The molecule has 0 aromatic carbocycles. The Kier molecular flexibility index (Phi) is 6.87. The van der Waals surface area contributed by atoms with E-state index in [-0.39, 0.29) is 0 Å². The normalized spacial score (nSPS) is 13.8. The van der Waals surface area contributed by atoms with Crippen molar-refractivity contribution in [1.29, 1.82) is 0 Å². The molecule has 0 fully saturated rings. The van der Waals surface area contributed by atoms with Crippen molar-refractivity contribution >= 4 is 10.8 Å². The minimum atomic E-state index is -0.638. The Labute approximate surface area is 72.0 Å². The summed E-state index contributed by atoms with van der Waals surface area (Å²) in [5.74, 6) is 0.781. The van der Waals surface area contributed by atoms with Gasteiger partial charge in [-0.3, -0.25) is 4.21 Å². The molecule has 11 heavy (non-hydrogen) atoms. The second kappa shape index (κ2) is 6.80. The first-order valence-corrected chi connectivity index (χ1v) is 5.71. The lowest BCUT2D eigenvalue weighted by molar-refractivity contribution is 0.655. The molecular weight excluding hydrogens is 158 g/mol. The van der Waals surface area contributed by atoms with Crippen LogP contribution in [0.25, 0.3) is 0 Å². The third-order valence-electron chi connectivity index (χ3n) is 1.83. The first-order valence-electron chi connectivity index (χ1n) is 4.33. The molecule has 0 radical (unpaired) electrons. The van der Waals surface area contributed by atoms with Crippen molar-refractivity contribution in [2.24, 2.45) is 5.73 Å². The summed E-state index contributed by atoms with van der Waals surface area (Å²) in [6.07, 6.45) is 2.93. The third kappa shape index (κ3) is 4.53. The average molecular weight is 177 g/mol. The standard InChI is InChI=1S/C8H19NOS/c1-3-8(4-2)11(10)7-5-6-9/h8H,3-7,9H2,1-2H3. The minimum absolute atomic E-state index is 0.390.